The first-order valence-corrected chi connectivity index (χ1v) is 11.1. The van der Waals surface area contributed by atoms with E-state index in [4.69, 9.17) is 14.2 Å². The number of esters is 2. The van der Waals surface area contributed by atoms with E-state index >= 15 is 0 Å². The lowest BCUT2D eigenvalue weighted by Gasteiger charge is -2.51. The molecule has 0 amide bonds. The largest absolute Gasteiger partial charge is 0.469 e. The Balaban J connectivity index is 1.95. The molecule has 6 nitrogen and oxygen atoms in total. The minimum atomic E-state index is -0.812. The Morgan fingerprint density at radius 2 is 1.83 bits per heavy atom. The van der Waals surface area contributed by atoms with Gasteiger partial charge in [-0.15, -0.1) is 0 Å². The van der Waals surface area contributed by atoms with E-state index in [2.05, 4.69) is 13.5 Å². The van der Waals surface area contributed by atoms with Gasteiger partial charge in [-0.25, -0.2) is 0 Å². The van der Waals surface area contributed by atoms with Gasteiger partial charge in [-0.2, -0.15) is 0 Å². The van der Waals surface area contributed by atoms with Crippen molar-refractivity contribution in [3.8, 4) is 0 Å². The zero-order valence-electron chi connectivity index (χ0n) is 19.0. The maximum Gasteiger partial charge on any atom is 0.311 e. The third-order valence-electron chi connectivity index (χ3n) is 9.77. The molecule has 8 atom stereocenters. The molecule has 4 fully saturated rings. The number of aliphatic hydroxyl groups is 1. The molecular weight excluding hydrogens is 384 g/mol. The van der Waals surface area contributed by atoms with E-state index in [-0.39, 0.29) is 34.6 Å². The van der Waals surface area contributed by atoms with Gasteiger partial charge in [0, 0.05) is 17.9 Å². The van der Waals surface area contributed by atoms with Crippen LogP contribution in [0.1, 0.15) is 52.4 Å². The smallest absolute Gasteiger partial charge is 0.311 e. The first kappa shape index (κ1) is 21.8. The van der Waals surface area contributed by atoms with Crippen LogP contribution in [0.15, 0.2) is 12.2 Å². The molecule has 4 saturated carbocycles. The first-order chi connectivity index (χ1) is 14.1. The lowest BCUT2D eigenvalue weighted by Crippen LogP contribution is -2.51. The Labute approximate surface area is 179 Å². The van der Waals surface area contributed by atoms with Gasteiger partial charge in [0.25, 0.3) is 0 Å². The molecule has 4 rings (SSSR count). The van der Waals surface area contributed by atoms with Crippen molar-refractivity contribution in [3.05, 3.63) is 12.2 Å². The van der Waals surface area contributed by atoms with Crippen LogP contribution in [0.25, 0.3) is 0 Å². The van der Waals surface area contributed by atoms with E-state index < -0.39 is 22.9 Å². The molecule has 2 bridgehead atoms. The third-order valence-corrected chi connectivity index (χ3v) is 9.77. The number of carbonyl (C=O) groups excluding carboxylic acids is 2. The molecule has 0 unspecified atom stereocenters. The number of methoxy groups -OCH3 is 3. The average molecular weight is 421 g/mol. The van der Waals surface area contributed by atoms with Gasteiger partial charge in [-0.1, -0.05) is 19.9 Å². The summed E-state index contributed by atoms with van der Waals surface area (Å²) in [7, 11) is 4.50. The maximum absolute atomic E-state index is 13.4. The van der Waals surface area contributed by atoms with Gasteiger partial charge in [0.15, 0.2) is 0 Å². The third kappa shape index (κ3) is 2.32. The predicted molar refractivity (Wildman–Crippen MR) is 110 cm³/mol. The SMILES string of the molecule is C=C1[C@@H](O)[C@]23C[C@@]1(COC)CC[C@H]2[C@]1(C)CCC[C@@](C)(C(=O)OC)[C@H]1[C@@H]3C(=O)OC. The summed E-state index contributed by atoms with van der Waals surface area (Å²) in [4.78, 5) is 26.5. The van der Waals surface area contributed by atoms with E-state index in [1.54, 1.807) is 7.11 Å². The second-order valence-corrected chi connectivity index (χ2v) is 10.8. The van der Waals surface area contributed by atoms with Crippen LogP contribution in [-0.2, 0) is 23.8 Å². The summed E-state index contributed by atoms with van der Waals surface area (Å²) in [5, 5.41) is 11.7. The molecule has 0 radical (unpaired) electrons. The molecule has 168 valence electrons. The molecule has 0 aromatic heterocycles. The number of hydrogen-bond donors (Lipinski definition) is 1. The van der Waals surface area contributed by atoms with Crippen molar-refractivity contribution in [3.63, 3.8) is 0 Å². The molecule has 6 heteroatoms. The van der Waals surface area contributed by atoms with Gasteiger partial charge in [-0.05, 0) is 61.9 Å². The zero-order valence-corrected chi connectivity index (χ0v) is 19.0. The normalized spacial score (nSPS) is 49.3. The molecule has 30 heavy (non-hydrogen) atoms. The summed E-state index contributed by atoms with van der Waals surface area (Å²) >= 11 is 0. The van der Waals surface area contributed by atoms with Crippen LogP contribution in [-0.4, -0.2) is 51.1 Å². The van der Waals surface area contributed by atoms with Crippen molar-refractivity contribution in [2.45, 2.75) is 58.5 Å². The van der Waals surface area contributed by atoms with Gasteiger partial charge < -0.3 is 19.3 Å². The standard InChI is InChI=1S/C24H36O6/c1-14-18(25)24-12-23(14,13-28-4)11-8-15(24)21(2)9-7-10-22(3,20(27)30-6)17(21)16(24)19(26)29-5/h15-18,25H,1,7-13H2,2-6H3/t15-,16+,17-,18+,21-,22+,23+,24+/m0/s1. The number of fused-ring (bicyclic) bond motifs is 3. The minimum absolute atomic E-state index is 0.114. The van der Waals surface area contributed by atoms with E-state index in [0.29, 0.717) is 19.4 Å². The summed E-state index contributed by atoms with van der Waals surface area (Å²) in [5.74, 6) is -1.30. The lowest BCUT2D eigenvalue weighted by atomic mass is 9.53. The van der Waals surface area contributed by atoms with Crippen LogP contribution < -0.4 is 0 Å². The van der Waals surface area contributed by atoms with Crippen LogP contribution in [0.5, 0.6) is 0 Å². The highest BCUT2D eigenvalue weighted by molar-refractivity contribution is 5.81. The summed E-state index contributed by atoms with van der Waals surface area (Å²) in [6, 6.07) is 0. The van der Waals surface area contributed by atoms with Crippen molar-refractivity contribution < 1.29 is 28.9 Å². The highest BCUT2D eigenvalue weighted by atomic mass is 16.5. The van der Waals surface area contributed by atoms with E-state index in [9.17, 15) is 14.7 Å². The van der Waals surface area contributed by atoms with Gasteiger partial charge in [0.05, 0.1) is 38.3 Å². The Morgan fingerprint density at radius 1 is 1.13 bits per heavy atom. The molecule has 4 aliphatic carbocycles. The molecule has 0 aliphatic heterocycles. The van der Waals surface area contributed by atoms with Crippen LogP contribution in [0.4, 0.5) is 0 Å². The average Bonchev–Trinajstić information content (AvgIpc) is 3.06. The summed E-state index contributed by atoms with van der Waals surface area (Å²) in [6.07, 6.45) is 4.12. The minimum Gasteiger partial charge on any atom is -0.469 e. The lowest BCUT2D eigenvalue weighted by molar-refractivity contribution is -0.171. The molecule has 0 aromatic carbocycles. The molecule has 4 aliphatic rings. The van der Waals surface area contributed by atoms with Crippen LogP contribution >= 0.6 is 0 Å². The number of rotatable bonds is 4. The van der Waals surface area contributed by atoms with Gasteiger partial charge in [-0.3, -0.25) is 9.59 Å². The fourth-order valence-corrected chi connectivity index (χ4v) is 8.87. The predicted octanol–water partition coefficient (Wildman–Crippen LogP) is 3.12. The van der Waals surface area contributed by atoms with Crippen LogP contribution in [0, 0.1) is 39.4 Å². The number of aliphatic hydroxyl groups excluding tert-OH is 1. The van der Waals surface area contributed by atoms with E-state index in [1.165, 1.54) is 14.2 Å². The quantitative estimate of drug-likeness (QED) is 0.556. The van der Waals surface area contributed by atoms with Gasteiger partial charge in [0.2, 0.25) is 0 Å². The van der Waals surface area contributed by atoms with Crippen molar-refractivity contribution in [1.29, 1.82) is 0 Å². The molecule has 0 heterocycles. The maximum atomic E-state index is 13.4. The summed E-state index contributed by atoms with van der Waals surface area (Å²) in [6.45, 7) is 8.96. The monoisotopic (exact) mass is 420 g/mol. The second-order valence-electron chi connectivity index (χ2n) is 10.8. The van der Waals surface area contributed by atoms with Gasteiger partial charge >= 0.3 is 11.9 Å². The van der Waals surface area contributed by atoms with E-state index in [1.807, 2.05) is 6.92 Å². The van der Waals surface area contributed by atoms with E-state index in [0.717, 1.165) is 31.3 Å². The van der Waals surface area contributed by atoms with Crippen molar-refractivity contribution in [2.75, 3.05) is 27.9 Å². The Kier molecular flexibility index (Phi) is 4.94. The number of ether oxygens (including phenoxy) is 3. The molecule has 0 aromatic rings. The number of carbonyl (C=O) groups is 2. The van der Waals surface area contributed by atoms with Crippen molar-refractivity contribution in [2.24, 2.45) is 39.4 Å². The molecule has 0 saturated heterocycles. The zero-order chi connectivity index (χ0) is 22.1. The summed E-state index contributed by atoms with van der Waals surface area (Å²) < 4.78 is 16.2. The van der Waals surface area contributed by atoms with Crippen molar-refractivity contribution >= 4 is 11.9 Å². The second kappa shape index (κ2) is 6.80. The Bertz CT molecular complexity index is 778. The fourth-order valence-electron chi connectivity index (χ4n) is 8.87. The Morgan fingerprint density at radius 3 is 2.43 bits per heavy atom. The molecular formula is C24H36O6. The highest BCUT2D eigenvalue weighted by Crippen LogP contribution is 2.79. The van der Waals surface area contributed by atoms with Gasteiger partial charge in [0.1, 0.15) is 0 Å². The molecule has 1 N–H and O–H groups in total. The fraction of sp³-hybridized carbons (Fsp3) is 0.833. The number of hydrogen-bond acceptors (Lipinski definition) is 6. The molecule has 1 spiro atoms. The first-order valence-electron chi connectivity index (χ1n) is 11.1. The summed E-state index contributed by atoms with van der Waals surface area (Å²) in [5.41, 5.74) is -1.28. The van der Waals surface area contributed by atoms with Crippen molar-refractivity contribution in [1.82, 2.24) is 0 Å². The van der Waals surface area contributed by atoms with Crippen LogP contribution in [0.3, 0.4) is 0 Å². The van der Waals surface area contributed by atoms with Crippen LogP contribution in [0.2, 0.25) is 0 Å². The Hall–Kier alpha value is -1.40. The topological polar surface area (TPSA) is 82.1 Å². The highest BCUT2D eigenvalue weighted by Gasteiger charge is 2.79.